The van der Waals surface area contributed by atoms with E-state index in [1.807, 2.05) is 25.1 Å². The summed E-state index contributed by atoms with van der Waals surface area (Å²) in [5, 5.41) is 2.89. The number of oxazole rings is 1. The van der Waals surface area contributed by atoms with Gasteiger partial charge in [-0.1, -0.05) is 6.07 Å². The molecule has 1 fully saturated rings. The standard InChI is InChI=1S/C16H19N3O3/c1-11-2-3-12(10-13(11)14-18-6-9-22-14)19-15(20)16(17)4-7-21-8-5-16/h2-3,6,9-10H,4-5,7-8,17H2,1H3,(H,19,20). The lowest BCUT2D eigenvalue weighted by molar-refractivity contribution is -0.124. The molecule has 116 valence electrons. The van der Waals surface area contributed by atoms with Crippen LogP contribution in [0.3, 0.4) is 0 Å². The Morgan fingerprint density at radius 1 is 1.36 bits per heavy atom. The van der Waals surface area contributed by atoms with Gasteiger partial charge < -0.3 is 20.2 Å². The summed E-state index contributed by atoms with van der Waals surface area (Å²) in [6.07, 6.45) is 4.17. The first-order chi connectivity index (χ1) is 10.6. The third kappa shape index (κ3) is 2.88. The van der Waals surface area contributed by atoms with Crippen LogP contribution in [0.25, 0.3) is 11.5 Å². The van der Waals surface area contributed by atoms with Crippen LogP contribution in [0.1, 0.15) is 18.4 Å². The summed E-state index contributed by atoms with van der Waals surface area (Å²) in [5.41, 5.74) is 7.87. The van der Waals surface area contributed by atoms with Crippen LogP contribution in [-0.4, -0.2) is 29.6 Å². The molecule has 3 N–H and O–H groups in total. The van der Waals surface area contributed by atoms with Crippen LogP contribution in [0.15, 0.2) is 35.1 Å². The molecular weight excluding hydrogens is 282 g/mol. The fourth-order valence-corrected chi connectivity index (χ4v) is 2.50. The summed E-state index contributed by atoms with van der Waals surface area (Å²) >= 11 is 0. The van der Waals surface area contributed by atoms with E-state index in [1.165, 1.54) is 6.26 Å². The third-order valence-corrected chi connectivity index (χ3v) is 4.00. The largest absolute Gasteiger partial charge is 0.445 e. The van der Waals surface area contributed by atoms with Crippen molar-refractivity contribution < 1.29 is 13.9 Å². The van der Waals surface area contributed by atoms with E-state index in [0.717, 1.165) is 11.1 Å². The van der Waals surface area contributed by atoms with Gasteiger partial charge in [0, 0.05) is 24.5 Å². The Hall–Kier alpha value is -2.18. The average molecular weight is 301 g/mol. The Balaban J connectivity index is 1.81. The lowest BCUT2D eigenvalue weighted by atomic mass is 9.90. The molecule has 3 rings (SSSR count). The maximum absolute atomic E-state index is 12.4. The molecule has 1 aromatic carbocycles. The lowest BCUT2D eigenvalue weighted by Gasteiger charge is -2.31. The molecule has 0 unspecified atom stereocenters. The van der Waals surface area contributed by atoms with Crippen molar-refractivity contribution >= 4 is 11.6 Å². The molecule has 2 aromatic rings. The summed E-state index contributed by atoms with van der Waals surface area (Å²) in [5.74, 6) is 0.347. The molecule has 2 heterocycles. The van der Waals surface area contributed by atoms with Gasteiger partial charge in [-0.2, -0.15) is 0 Å². The second kappa shape index (κ2) is 5.90. The van der Waals surface area contributed by atoms with E-state index in [-0.39, 0.29) is 5.91 Å². The molecule has 1 saturated heterocycles. The van der Waals surface area contributed by atoms with Crippen LogP contribution >= 0.6 is 0 Å². The first-order valence-corrected chi connectivity index (χ1v) is 7.27. The van der Waals surface area contributed by atoms with Gasteiger partial charge in [-0.05, 0) is 37.5 Å². The van der Waals surface area contributed by atoms with Gasteiger partial charge in [0.25, 0.3) is 0 Å². The van der Waals surface area contributed by atoms with Crippen molar-refractivity contribution in [3.05, 3.63) is 36.2 Å². The molecule has 0 bridgehead atoms. The van der Waals surface area contributed by atoms with E-state index in [0.29, 0.717) is 37.6 Å². The van der Waals surface area contributed by atoms with Gasteiger partial charge >= 0.3 is 0 Å². The SMILES string of the molecule is Cc1ccc(NC(=O)C2(N)CCOCC2)cc1-c1ncco1. The monoisotopic (exact) mass is 301 g/mol. The number of hydrogen-bond acceptors (Lipinski definition) is 5. The van der Waals surface area contributed by atoms with Gasteiger partial charge in [0.2, 0.25) is 11.8 Å². The topological polar surface area (TPSA) is 90.4 Å². The molecule has 6 heteroatoms. The average Bonchev–Trinajstić information content (AvgIpc) is 3.04. The number of amides is 1. The predicted molar refractivity (Wildman–Crippen MR) is 82.3 cm³/mol. The number of anilines is 1. The first-order valence-electron chi connectivity index (χ1n) is 7.27. The van der Waals surface area contributed by atoms with Gasteiger partial charge in [-0.15, -0.1) is 0 Å². The highest BCUT2D eigenvalue weighted by Crippen LogP contribution is 2.26. The van der Waals surface area contributed by atoms with Crippen molar-refractivity contribution in [2.75, 3.05) is 18.5 Å². The smallest absolute Gasteiger partial charge is 0.244 e. The number of aromatic nitrogens is 1. The number of ether oxygens (including phenoxy) is 1. The van der Waals surface area contributed by atoms with Gasteiger partial charge in [0.15, 0.2) is 0 Å². The number of carbonyl (C=O) groups is 1. The van der Waals surface area contributed by atoms with E-state index in [1.54, 1.807) is 6.20 Å². The highest BCUT2D eigenvalue weighted by molar-refractivity contribution is 5.98. The summed E-state index contributed by atoms with van der Waals surface area (Å²) in [4.78, 5) is 16.6. The Morgan fingerprint density at radius 2 is 2.14 bits per heavy atom. The molecule has 0 aliphatic carbocycles. The number of nitrogens with zero attached hydrogens (tertiary/aromatic N) is 1. The normalized spacial score (nSPS) is 17.2. The summed E-state index contributed by atoms with van der Waals surface area (Å²) in [6, 6.07) is 5.62. The van der Waals surface area contributed by atoms with Gasteiger partial charge in [-0.3, -0.25) is 4.79 Å². The quantitative estimate of drug-likeness (QED) is 0.906. The zero-order chi connectivity index (χ0) is 15.6. The second-order valence-corrected chi connectivity index (χ2v) is 5.59. The van der Waals surface area contributed by atoms with E-state index in [9.17, 15) is 4.79 Å². The van der Waals surface area contributed by atoms with Gasteiger partial charge in [-0.25, -0.2) is 4.98 Å². The number of benzene rings is 1. The van der Waals surface area contributed by atoms with E-state index >= 15 is 0 Å². The molecule has 6 nitrogen and oxygen atoms in total. The van der Waals surface area contributed by atoms with Crippen LogP contribution in [-0.2, 0) is 9.53 Å². The maximum Gasteiger partial charge on any atom is 0.244 e. The molecule has 1 aliphatic heterocycles. The summed E-state index contributed by atoms with van der Waals surface area (Å²) in [6.45, 7) is 2.99. The van der Waals surface area contributed by atoms with Gasteiger partial charge in [0.1, 0.15) is 11.8 Å². The van der Waals surface area contributed by atoms with Crippen LogP contribution in [0.2, 0.25) is 0 Å². The Labute approximate surface area is 128 Å². The Morgan fingerprint density at radius 3 is 2.82 bits per heavy atom. The van der Waals surface area contributed by atoms with Crippen LogP contribution in [0, 0.1) is 6.92 Å². The van der Waals surface area contributed by atoms with Crippen molar-refractivity contribution in [1.82, 2.24) is 4.98 Å². The Kier molecular flexibility index (Phi) is 3.96. The van der Waals surface area contributed by atoms with E-state index in [2.05, 4.69) is 10.3 Å². The minimum absolute atomic E-state index is 0.182. The van der Waals surface area contributed by atoms with Crippen LogP contribution in [0.5, 0.6) is 0 Å². The molecule has 1 amide bonds. The third-order valence-electron chi connectivity index (χ3n) is 4.00. The van der Waals surface area contributed by atoms with E-state index < -0.39 is 5.54 Å². The molecule has 0 atom stereocenters. The summed E-state index contributed by atoms with van der Waals surface area (Å²) in [7, 11) is 0. The van der Waals surface area contributed by atoms with Crippen molar-refractivity contribution in [2.24, 2.45) is 5.73 Å². The predicted octanol–water partition coefficient (Wildman–Crippen LogP) is 2.10. The zero-order valence-corrected chi connectivity index (χ0v) is 12.5. The van der Waals surface area contributed by atoms with Crippen LogP contribution in [0.4, 0.5) is 5.69 Å². The number of carbonyl (C=O) groups excluding carboxylic acids is 1. The highest BCUT2D eigenvalue weighted by atomic mass is 16.5. The fourth-order valence-electron chi connectivity index (χ4n) is 2.50. The molecule has 0 spiro atoms. The molecule has 22 heavy (non-hydrogen) atoms. The molecule has 1 aliphatic rings. The lowest BCUT2D eigenvalue weighted by Crippen LogP contribution is -2.54. The first kappa shape index (κ1) is 14.7. The maximum atomic E-state index is 12.4. The van der Waals surface area contributed by atoms with Gasteiger partial charge in [0.05, 0.1) is 6.20 Å². The van der Waals surface area contributed by atoms with E-state index in [4.69, 9.17) is 14.9 Å². The zero-order valence-electron chi connectivity index (χ0n) is 12.5. The van der Waals surface area contributed by atoms with Crippen molar-refractivity contribution in [3.63, 3.8) is 0 Å². The molecular formula is C16H19N3O3. The van der Waals surface area contributed by atoms with Crippen molar-refractivity contribution in [1.29, 1.82) is 0 Å². The second-order valence-electron chi connectivity index (χ2n) is 5.59. The van der Waals surface area contributed by atoms with Crippen molar-refractivity contribution in [2.45, 2.75) is 25.3 Å². The summed E-state index contributed by atoms with van der Waals surface area (Å²) < 4.78 is 10.6. The minimum Gasteiger partial charge on any atom is -0.445 e. The number of nitrogens with one attached hydrogen (secondary N) is 1. The molecule has 0 radical (unpaired) electrons. The van der Waals surface area contributed by atoms with Crippen LogP contribution < -0.4 is 11.1 Å². The number of aryl methyl sites for hydroxylation is 1. The molecule has 1 aromatic heterocycles. The van der Waals surface area contributed by atoms with Crippen molar-refractivity contribution in [3.8, 4) is 11.5 Å². The minimum atomic E-state index is -0.869. The number of hydrogen-bond donors (Lipinski definition) is 2. The number of rotatable bonds is 3. The highest BCUT2D eigenvalue weighted by Gasteiger charge is 2.35. The molecule has 0 saturated carbocycles. The Bertz CT molecular complexity index is 661. The number of nitrogens with two attached hydrogens (primary N) is 1. The fraction of sp³-hybridized carbons (Fsp3) is 0.375.